The van der Waals surface area contributed by atoms with Gasteiger partial charge in [-0.1, -0.05) is 47.7 Å². The smallest absolute Gasteiger partial charge is 0.269 e. The van der Waals surface area contributed by atoms with Gasteiger partial charge in [0.2, 0.25) is 0 Å². The standard InChI is InChI=1S/C18H18N4O2S/c1-3-21-17(15-6-4-5-13(2)11-15)19-20-18(21)25-12-14-7-9-16(10-8-14)22(23)24/h4-11H,3,12H2,1-2H3. The molecule has 0 aliphatic carbocycles. The minimum absolute atomic E-state index is 0.104. The molecule has 3 rings (SSSR count). The third kappa shape index (κ3) is 3.88. The topological polar surface area (TPSA) is 73.8 Å². The van der Waals surface area contributed by atoms with Gasteiger partial charge in [-0.2, -0.15) is 0 Å². The second-order valence-electron chi connectivity index (χ2n) is 5.63. The summed E-state index contributed by atoms with van der Waals surface area (Å²) in [6.45, 7) is 4.90. The number of hydrogen-bond acceptors (Lipinski definition) is 5. The zero-order valence-electron chi connectivity index (χ0n) is 14.0. The van der Waals surface area contributed by atoms with Gasteiger partial charge in [0.05, 0.1) is 4.92 Å². The van der Waals surface area contributed by atoms with Crippen LogP contribution < -0.4 is 0 Å². The summed E-state index contributed by atoms with van der Waals surface area (Å²) in [6, 6.07) is 14.8. The molecule has 0 saturated carbocycles. The lowest BCUT2D eigenvalue weighted by Crippen LogP contribution is -2.00. The predicted octanol–water partition coefficient (Wildman–Crippen LogP) is 4.47. The van der Waals surface area contributed by atoms with Gasteiger partial charge in [-0.15, -0.1) is 10.2 Å². The molecule has 0 N–H and O–H groups in total. The fourth-order valence-electron chi connectivity index (χ4n) is 2.54. The Morgan fingerprint density at radius 1 is 1.16 bits per heavy atom. The minimum Gasteiger partial charge on any atom is -0.302 e. The van der Waals surface area contributed by atoms with Gasteiger partial charge in [-0.05, 0) is 25.5 Å². The molecular formula is C18H18N4O2S. The van der Waals surface area contributed by atoms with Crippen LogP contribution in [0.4, 0.5) is 5.69 Å². The van der Waals surface area contributed by atoms with E-state index in [2.05, 4.69) is 40.7 Å². The molecule has 0 radical (unpaired) electrons. The van der Waals surface area contributed by atoms with Gasteiger partial charge in [0.25, 0.3) is 5.69 Å². The maximum Gasteiger partial charge on any atom is 0.269 e. The van der Waals surface area contributed by atoms with Crippen LogP contribution in [0.5, 0.6) is 0 Å². The number of nitro benzene ring substituents is 1. The summed E-state index contributed by atoms with van der Waals surface area (Å²) >= 11 is 1.58. The molecule has 25 heavy (non-hydrogen) atoms. The predicted molar refractivity (Wildman–Crippen MR) is 98.5 cm³/mol. The third-order valence-electron chi connectivity index (χ3n) is 3.82. The van der Waals surface area contributed by atoms with Crippen LogP contribution >= 0.6 is 11.8 Å². The molecule has 6 nitrogen and oxygen atoms in total. The largest absolute Gasteiger partial charge is 0.302 e. The molecule has 128 valence electrons. The summed E-state index contributed by atoms with van der Waals surface area (Å²) in [5.74, 6) is 1.54. The van der Waals surface area contributed by atoms with E-state index < -0.39 is 4.92 Å². The molecule has 1 heterocycles. The summed E-state index contributed by atoms with van der Waals surface area (Å²) < 4.78 is 2.09. The number of non-ortho nitro benzene ring substituents is 1. The lowest BCUT2D eigenvalue weighted by Gasteiger charge is -2.08. The number of nitrogens with zero attached hydrogens (tertiary/aromatic N) is 4. The molecule has 0 fully saturated rings. The van der Waals surface area contributed by atoms with E-state index >= 15 is 0 Å². The van der Waals surface area contributed by atoms with Crippen molar-refractivity contribution in [2.75, 3.05) is 0 Å². The minimum atomic E-state index is -0.390. The maximum atomic E-state index is 10.7. The van der Waals surface area contributed by atoms with E-state index in [0.717, 1.165) is 28.7 Å². The second kappa shape index (κ2) is 7.48. The fourth-order valence-corrected chi connectivity index (χ4v) is 3.50. The van der Waals surface area contributed by atoms with E-state index in [4.69, 9.17) is 0 Å². The highest BCUT2D eigenvalue weighted by Gasteiger charge is 2.13. The summed E-state index contributed by atoms with van der Waals surface area (Å²) in [5, 5.41) is 20.2. The Labute approximate surface area is 150 Å². The molecular weight excluding hydrogens is 336 g/mol. The number of rotatable bonds is 6. The van der Waals surface area contributed by atoms with Crippen molar-refractivity contribution in [1.29, 1.82) is 0 Å². The van der Waals surface area contributed by atoms with Crippen LogP contribution in [0.2, 0.25) is 0 Å². The monoisotopic (exact) mass is 354 g/mol. The first-order valence-electron chi connectivity index (χ1n) is 7.95. The Kier molecular flexibility index (Phi) is 5.14. The average Bonchev–Trinajstić information content (AvgIpc) is 3.03. The van der Waals surface area contributed by atoms with Crippen molar-refractivity contribution < 1.29 is 4.92 Å². The SMILES string of the molecule is CCn1c(SCc2ccc([N+](=O)[O-])cc2)nnc1-c1cccc(C)c1. The molecule has 0 aliphatic rings. The highest BCUT2D eigenvalue weighted by Crippen LogP contribution is 2.27. The van der Waals surface area contributed by atoms with Crippen LogP contribution in [-0.2, 0) is 12.3 Å². The van der Waals surface area contributed by atoms with Crippen molar-refractivity contribution in [3.63, 3.8) is 0 Å². The number of hydrogen-bond donors (Lipinski definition) is 0. The molecule has 0 bridgehead atoms. The van der Waals surface area contributed by atoms with Crippen molar-refractivity contribution in [3.05, 3.63) is 69.8 Å². The van der Waals surface area contributed by atoms with Crippen LogP contribution in [0.1, 0.15) is 18.1 Å². The van der Waals surface area contributed by atoms with Gasteiger partial charge in [0, 0.05) is 30.0 Å². The fraction of sp³-hybridized carbons (Fsp3) is 0.222. The van der Waals surface area contributed by atoms with Gasteiger partial charge >= 0.3 is 0 Å². The van der Waals surface area contributed by atoms with Crippen molar-refractivity contribution >= 4 is 17.4 Å². The van der Waals surface area contributed by atoms with E-state index in [0.29, 0.717) is 5.75 Å². The maximum absolute atomic E-state index is 10.7. The Morgan fingerprint density at radius 3 is 2.56 bits per heavy atom. The first-order valence-corrected chi connectivity index (χ1v) is 8.93. The number of nitro groups is 1. The second-order valence-corrected chi connectivity index (χ2v) is 6.57. The molecule has 2 aromatic carbocycles. The molecule has 0 saturated heterocycles. The van der Waals surface area contributed by atoms with E-state index in [1.165, 1.54) is 17.7 Å². The molecule has 7 heteroatoms. The van der Waals surface area contributed by atoms with Gasteiger partial charge < -0.3 is 4.57 Å². The molecule has 0 spiro atoms. The lowest BCUT2D eigenvalue weighted by molar-refractivity contribution is -0.384. The van der Waals surface area contributed by atoms with Crippen LogP contribution in [0.25, 0.3) is 11.4 Å². The van der Waals surface area contributed by atoms with Crippen molar-refractivity contribution in [2.24, 2.45) is 0 Å². The number of aromatic nitrogens is 3. The van der Waals surface area contributed by atoms with Crippen molar-refractivity contribution in [3.8, 4) is 11.4 Å². The highest BCUT2D eigenvalue weighted by molar-refractivity contribution is 7.98. The average molecular weight is 354 g/mol. The number of aryl methyl sites for hydroxylation is 1. The molecule has 3 aromatic rings. The number of thioether (sulfide) groups is 1. The normalized spacial score (nSPS) is 10.8. The van der Waals surface area contributed by atoms with E-state index in [1.807, 2.05) is 12.1 Å². The van der Waals surface area contributed by atoms with Crippen molar-refractivity contribution in [2.45, 2.75) is 31.3 Å². The summed E-state index contributed by atoms with van der Waals surface area (Å²) in [6.07, 6.45) is 0. The lowest BCUT2D eigenvalue weighted by atomic mass is 10.1. The number of benzene rings is 2. The van der Waals surface area contributed by atoms with Crippen LogP contribution in [0.15, 0.2) is 53.7 Å². The molecule has 0 aliphatic heterocycles. The Hall–Kier alpha value is -2.67. The van der Waals surface area contributed by atoms with E-state index in [1.54, 1.807) is 23.9 Å². The first-order chi connectivity index (χ1) is 12.1. The zero-order chi connectivity index (χ0) is 17.8. The Morgan fingerprint density at radius 2 is 1.92 bits per heavy atom. The van der Waals surface area contributed by atoms with Gasteiger partial charge in [-0.25, -0.2) is 0 Å². The van der Waals surface area contributed by atoms with Gasteiger partial charge in [0.15, 0.2) is 11.0 Å². The summed E-state index contributed by atoms with van der Waals surface area (Å²) in [7, 11) is 0. The molecule has 0 unspecified atom stereocenters. The van der Waals surface area contributed by atoms with Crippen molar-refractivity contribution in [1.82, 2.24) is 14.8 Å². The van der Waals surface area contributed by atoms with Crippen LogP contribution in [0.3, 0.4) is 0 Å². The quantitative estimate of drug-likeness (QED) is 0.371. The summed E-state index contributed by atoms with van der Waals surface area (Å²) in [5.41, 5.74) is 3.35. The molecule has 0 amide bonds. The van der Waals surface area contributed by atoms with Crippen LogP contribution in [0, 0.1) is 17.0 Å². The molecule has 1 aromatic heterocycles. The molecule has 0 atom stereocenters. The van der Waals surface area contributed by atoms with Crippen LogP contribution in [-0.4, -0.2) is 19.7 Å². The van der Waals surface area contributed by atoms with E-state index in [-0.39, 0.29) is 5.69 Å². The third-order valence-corrected chi connectivity index (χ3v) is 4.86. The van der Waals surface area contributed by atoms with Gasteiger partial charge in [-0.3, -0.25) is 10.1 Å². The highest BCUT2D eigenvalue weighted by atomic mass is 32.2. The van der Waals surface area contributed by atoms with Gasteiger partial charge in [0.1, 0.15) is 0 Å². The Balaban J connectivity index is 1.78. The summed E-state index contributed by atoms with van der Waals surface area (Å²) in [4.78, 5) is 10.3. The Bertz CT molecular complexity index is 890. The first kappa shape index (κ1) is 17.2. The zero-order valence-corrected chi connectivity index (χ0v) is 14.9. The van der Waals surface area contributed by atoms with E-state index in [9.17, 15) is 10.1 Å².